The summed E-state index contributed by atoms with van der Waals surface area (Å²) >= 11 is 1.80. The number of nitrogens with zero attached hydrogens (tertiary/aromatic N) is 2. The van der Waals surface area contributed by atoms with Crippen molar-refractivity contribution in [3.05, 3.63) is 16.1 Å². The van der Waals surface area contributed by atoms with E-state index in [0.29, 0.717) is 5.92 Å². The van der Waals surface area contributed by atoms with Crippen LogP contribution in [-0.4, -0.2) is 36.1 Å². The van der Waals surface area contributed by atoms with Gasteiger partial charge in [0.25, 0.3) is 0 Å². The van der Waals surface area contributed by atoms with E-state index in [4.69, 9.17) is 4.98 Å². The Labute approximate surface area is 108 Å². The van der Waals surface area contributed by atoms with Crippen LogP contribution in [0.2, 0.25) is 0 Å². The van der Waals surface area contributed by atoms with Gasteiger partial charge in [0.1, 0.15) is 0 Å². The molecule has 3 nitrogen and oxygen atoms in total. The maximum atomic E-state index is 4.81. The van der Waals surface area contributed by atoms with Crippen LogP contribution in [0.5, 0.6) is 0 Å². The van der Waals surface area contributed by atoms with Gasteiger partial charge >= 0.3 is 0 Å². The van der Waals surface area contributed by atoms with Crippen LogP contribution in [0.25, 0.3) is 0 Å². The Morgan fingerprint density at radius 2 is 2.00 bits per heavy atom. The molecule has 96 valence electrons. The predicted molar refractivity (Wildman–Crippen MR) is 73.7 cm³/mol. The molecule has 17 heavy (non-hydrogen) atoms. The Morgan fingerprint density at radius 3 is 2.53 bits per heavy atom. The molecule has 1 aliphatic rings. The molecule has 1 aliphatic heterocycles. The number of hydrogen-bond acceptors (Lipinski definition) is 4. The summed E-state index contributed by atoms with van der Waals surface area (Å²) in [6, 6.07) is 0. The highest BCUT2D eigenvalue weighted by atomic mass is 32.1. The van der Waals surface area contributed by atoms with Gasteiger partial charge in [-0.1, -0.05) is 13.8 Å². The molecule has 2 heterocycles. The Bertz CT molecular complexity index is 364. The minimum Gasteiger partial charge on any atom is -0.314 e. The fourth-order valence-electron chi connectivity index (χ4n) is 2.22. The van der Waals surface area contributed by atoms with Gasteiger partial charge in [-0.25, -0.2) is 4.98 Å². The van der Waals surface area contributed by atoms with Crippen LogP contribution in [-0.2, 0) is 5.54 Å². The van der Waals surface area contributed by atoms with E-state index < -0.39 is 0 Å². The largest absolute Gasteiger partial charge is 0.314 e. The SMILES string of the molecule is CC(C)c1nc(C(C)(C)N2CCNCC2)cs1. The lowest BCUT2D eigenvalue weighted by atomic mass is 9.98. The van der Waals surface area contributed by atoms with Gasteiger partial charge in [-0.2, -0.15) is 0 Å². The number of nitrogens with one attached hydrogen (secondary N) is 1. The Morgan fingerprint density at radius 1 is 1.35 bits per heavy atom. The third kappa shape index (κ3) is 2.69. The van der Waals surface area contributed by atoms with Crippen LogP contribution in [0.1, 0.15) is 44.3 Å². The first-order chi connectivity index (χ1) is 8.01. The average Bonchev–Trinajstić information content (AvgIpc) is 2.80. The smallest absolute Gasteiger partial charge is 0.0954 e. The van der Waals surface area contributed by atoms with Crippen LogP contribution < -0.4 is 5.32 Å². The molecule has 0 amide bonds. The molecule has 0 aliphatic carbocycles. The number of piperazine rings is 1. The summed E-state index contributed by atoms with van der Waals surface area (Å²) in [5.41, 5.74) is 1.29. The molecule has 0 spiro atoms. The molecule has 1 aromatic rings. The molecule has 0 unspecified atom stereocenters. The van der Waals surface area contributed by atoms with Gasteiger partial charge < -0.3 is 5.32 Å². The molecular formula is C13H23N3S. The molecule has 0 saturated carbocycles. The summed E-state index contributed by atoms with van der Waals surface area (Å²) in [5, 5.41) is 6.89. The zero-order chi connectivity index (χ0) is 12.5. The van der Waals surface area contributed by atoms with Crippen LogP contribution in [0.4, 0.5) is 0 Å². The van der Waals surface area contributed by atoms with E-state index in [9.17, 15) is 0 Å². The number of aromatic nitrogens is 1. The van der Waals surface area contributed by atoms with Crippen LogP contribution in [0.3, 0.4) is 0 Å². The predicted octanol–water partition coefficient (Wildman–Crippen LogP) is 2.41. The van der Waals surface area contributed by atoms with Crippen molar-refractivity contribution in [1.29, 1.82) is 0 Å². The third-order valence-electron chi connectivity index (χ3n) is 3.55. The van der Waals surface area contributed by atoms with E-state index in [0.717, 1.165) is 26.2 Å². The van der Waals surface area contributed by atoms with Crippen molar-refractivity contribution >= 4 is 11.3 Å². The molecule has 0 aromatic carbocycles. The second-order valence-corrected chi connectivity index (χ2v) is 6.41. The quantitative estimate of drug-likeness (QED) is 0.896. The van der Waals surface area contributed by atoms with Gasteiger partial charge in [0.05, 0.1) is 16.2 Å². The molecule has 4 heteroatoms. The van der Waals surface area contributed by atoms with E-state index in [1.807, 2.05) is 0 Å². The Kier molecular flexibility index (Phi) is 3.85. The molecule has 0 bridgehead atoms. The zero-order valence-electron chi connectivity index (χ0n) is 11.3. The lowest BCUT2D eigenvalue weighted by molar-refractivity contribution is 0.0992. The average molecular weight is 253 g/mol. The second-order valence-electron chi connectivity index (χ2n) is 5.52. The van der Waals surface area contributed by atoms with E-state index in [-0.39, 0.29) is 5.54 Å². The minimum absolute atomic E-state index is 0.0613. The van der Waals surface area contributed by atoms with E-state index in [1.54, 1.807) is 11.3 Å². The van der Waals surface area contributed by atoms with Crippen molar-refractivity contribution in [2.24, 2.45) is 0 Å². The summed E-state index contributed by atoms with van der Waals surface area (Å²) in [4.78, 5) is 7.34. The zero-order valence-corrected chi connectivity index (χ0v) is 12.1. The summed E-state index contributed by atoms with van der Waals surface area (Å²) in [5.74, 6) is 0.535. The first kappa shape index (κ1) is 13.0. The summed E-state index contributed by atoms with van der Waals surface area (Å²) in [6.45, 7) is 13.4. The first-order valence-electron chi connectivity index (χ1n) is 6.43. The van der Waals surface area contributed by atoms with Crippen molar-refractivity contribution in [1.82, 2.24) is 15.2 Å². The maximum absolute atomic E-state index is 4.81. The van der Waals surface area contributed by atoms with Crippen molar-refractivity contribution in [2.45, 2.75) is 39.2 Å². The minimum atomic E-state index is 0.0613. The van der Waals surface area contributed by atoms with E-state index in [2.05, 4.69) is 43.3 Å². The maximum Gasteiger partial charge on any atom is 0.0954 e. The fourth-order valence-corrected chi connectivity index (χ4v) is 3.22. The highest BCUT2D eigenvalue weighted by Crippen LogP contribution is 2.30. The monoisotopic (exact) mass is 253 g/mol. The standard InChI is InChI=1S/C13H23N3S/c1-10(2)12-15-11(9-17-12)13(3,4)16-7-5-14-6-8-16/h9-10,14H,5-8H2,1-4H3. The lowest BCUT2D eigenvalue weighted by Gasteiger charge is -2.40. The highest BCUT2D eigenvalue weighted by Gasteiger charge is 2.31. The fraction of sp³-hybridized carbons (Fsp3) is 0.769. The van der Waals surface area contributed by atoms with Gasteiger partial charge in [-0.3, -0.25) is 4.90 Å². The highest BCUT2D eigenvalue weighted by molar-refractivity contribution is 7.09. The van der Waals surface area contributed by atoms with Crippen molar-refractivity contribution < 1.29 is 0 Å². The normalized spacial score (nSPS) is 18.9. The van der Waals surface area contributed by atoms with Crippen molar-refractivity contribution in [3.63, 3.8) is 0 Å². The van der Waals surface area contributed by atoms with Crippen LogP contribution in [0.15, 0.2) is 5.38 Å². The third-order valence-corrected chi connectivity index (χ3v) is 4.70. The Hall–Kier alpha value is -0.450. The molecule has 1 saturated heterocycles. The van der Waals surface area contributed by atoms with Crippen molar-refractivity contribution in [2.75, 3.05) is 26.2 Å². The first-order valence-corrected chi connectivity index (χ1v) is 7.31. The topological polar surface area (TPSA) is 28.2 Å². The number of hydrogen-bond donors (Lipinski definition) is 1. The molecule has 0 atom stereocenters. The summed E-state index contributed by atoms with van der Waals surface area (Å²) < 4.78 is 0. The lowest BCUT2D eigenvalue weighted by Crippen LogP contribution is -2.51. The number of rotatable bonds is 3. The van der Waals surface area contributed by atoms with Crippen LogP contribution in [0, 0.1) is 0 Å². The molecule has 1 fully saturated rings. The van der Waals surface area contributed by atoms with Gasteiger partial charge in [0.15, 0.2) is 0 Å². The van der Waals surface area contributed by atoms with Gasteiger partial charge in [-0.15, -0.1) is 11.3 Å². The van der Waals surface area contributed by atoms with Gasteiger partial charge in [-0.05, 0) is 13.8 Å². The second kappa shape index (κ2) is 5.04. The van der Waals surface area contributed by atoms with Gasteiger partial charge in [0, 0.05) is 37.5 Å². The molecule has 2 rings (SSSR count). The molecular weight excluding hydrogens is 230 g/mol. The molecule has 1 aromatic heterocycles. The molecule has 1 N–H and O–H groups in total. The van der Waals surface area contributed by atoms with E-state index in [1.165, 1.54) is 10.7 Å². The summed E-state index contributed by atoms with van der Waals surface area (Å²) in [7, 11) is 0. The number of thiazole rings is 1. The van der Waals surface area contributed by atoms with Gasteiger partial charge in [0.2, 0.25) is 0 Å². The van der Waals surface area contributed by atoms with E-state index >= 15 is 0 Å². The summed E-state index contributed by atoms with van der Waals surface area (Å²) in [6.07, 6.45) is 0. The Balaban J connectivity index is 2.17. The van der Waals surface area contributed by atoms with Crippen molar-refractivity contribution in [3.8, 4) is 0 Å². The van der Waals surface area contributed by atoms with Crippen LogP contribution >= 0.6 is 11.3 Å². The molecule has 0 radical (unpaired) electrons.